The second-order valence-electron chi connectivity index (χ2n) is 6.57. The van der Waals surface area contributed by atoms with Crippen LogP contribution < -0.4 is 21.7 Å². The van der Waals surface area contributed by atoms with Crippen LogP contribution in [-0.4, -0.2) is 25.0 Å². The molecule has 0 bridgehead atoms. The highest BCUT2D eigenvalue weighted by Gasteiger charge is 2.51. The number of nitrogen functional groups attached to an aromatic ring is 1. The highest BCUT2D eigenvalue weighted by molar-refractivity contribution is 6.10. The lowest BCUT2D eigenvalue weighted by Crippen LogP contribution is -2.40. The van der Waals surface area contributed by atoms with E-state index in [1.54, 1.807) is 0 Å². The van der Waals surface area contributed by atoms with Gasteiger partial charge in [-0.15, -0.1) is 0 Å². The Hall–Kier alpha value is -1.75. The summed E-state index contributed by atoms with van der Waals surface area (Å²) in [5.74, 6) is 0.152. The van der Waals surface area contributed by atoms with Crippen molar-refractivity contribution in [2.75, 3.05) is 29.5 Å². The number of hydrogen-bond donors (Lipinski definition) is 4. The quantitative estimate of drug-likeness (QED) is 0.625. The zero-order valence-electron chi connectivity index (χ0n) is 12.2. The molecule has 1 saturated carbocycles. The van der Waals surface area contributed by atoms with Crippen molar-refractivity contribution in [3.63, 3.8) is 0 Å². The minimum absolute atomic E-state index is 0.152. The van der Waals surface area contributed by atoms with E-state index < -0.39 is 0 Å². The number of carbonyl (C=O) groups is 1. The Morgan fingerprint density at radius 3 is 2.81 bits per heavy atom. The molecular formula is C16H22N4O. The topological polar surface area (TPSA) is 79.2 Å². The summed E-state index contributed by atoms with van der Waals surface area (Å²) in [5, 5.41) is 10.1. The van der Waals surface area contributed by atoms with Crippen LogP contribution in [0.2, 0.25) is 0 Å². The van der Waals surface area contributed by atoms with Crippen LogP contribution in [0.15, 0.2) is 12.1 Å². The molecule has 1 atom stereocenters. The third kappa shape index (κ3) is 1.91. The number of benzene rings is 1. The van der Waals surface area contributed by atoms with Gasteiger partial charge in [0.05, 0.1) is 16.8 Å². The van der Waals surface area contributed by atoms with Crippen molar-refractivity contribution in [3.8, 4) is 0 Å². The lowest BCUT2D eigenvalue weighted by molar-refractivity contribution is -0.123. The van der Waals surface area contributed by atoms with Crippen molar-refractivity contribution < 1.29 is 4.79 Å². The molecular weight excluding hydrogens is 264 g/mol. The molecule has 0 radical (unpaired) electrons. The molecule has 5 nitrogen and oxygen atoms in total. The lowest BCUT2D eigenvalue weighted by atomic mass is 9.65. The third-order valence-corrected chi connectivity index (χ3v) is 5.21. The minimum Gasteiger partial charge on any atom is -0.399 e. The lowest BCUT2D eigenvalue weighted by Gasteiger charge is -2.36. The van der Waals surface area contributed by atoms with E-state index in [0.717, 1.165) is 61.4 Å². The van der Waals surface area contributed by atoms with Crippen molar-refractivity contribution >= 4 is 23.0 Å². The van der Waals surface area contributed by atoms with Crippen LogP contribution in [0.3, 0.4) is 0 Å². The number of anilines is 3. The van der Waals surface area contributed by atoms with Crippen LogP contribution in [0, 0.1) is 0 Å². The van der Waals surface area contributed by atoms with Crippen molar-refractivity contribution in [2.45, 2.75) is 43.6 Å². The largest absolute Gasteiger partial charge is 0.399 e. The first-order chi connectivity index (χ1) is 10.2. The van der Waals surface area contributed by atoms with Crippen LogP contribution in [0.1, 0.15) is 37.7 Å². The molecule has 1 aromatic carbocycles. The molecule has 1 aliphatic carbocycles. The molecule has 21 heavy (non-hydrogen) atoms. The summed E-state index contributed by atoms with van der Waals surface area (Å²) in [6.07, 6.45) is 5.34. The van der Waals surface area contributed by atoms with Crippen LogP contribution in [0.5, 0.6) is 0 Å². The van der Waals surface area contributed by atoms with E-state index >= 15 is 0 Å². The van der Waals surface area contributed by atoms with Gasteiger partial charge in [0.15, 0.2) is 0 Å². The van der Waals surface area contributed by atoms with Crippen molar-refractivity contribution in [3.05, 3.63) is 17.7 Å². The van der Waals surface area contributed by atoms with Gasteiger partial charge in [-0.1, -0.05) is 6.42 Å². The summed E-state index contributed by atoms with van der Waals surface area (Å²) >= 11 is 0. The number of hydrogen-bond acceptors (Lipinski definition) is 4. The van der Waals surface area contributed by atoms with Gasteiger partial charge in [-0.05, 0) is 49.9 Å². The van der Waals surface area contributed by atoms with E-state index in [1.807, 2.05) is 12.1 Å². The Morgan fingerprint density at radius 2 is 2.14 bits per heavy atom. The monoisotopic (exact) mass is 286 g/mol. The molecule has 1 saturated heterocycles. The zero-order valence-corrected chi connectivity index (χ0v) is 12.2. The molecule has 4 rings (SSSR count). The normalized spacial score (nSPS) is 26.1. The number of piperidine rings is 1. The molecule has 3 aliphatic rings. The van der Waals surface area contributed by atoms with E-state index in [4.69, 9.17) is 5.73 Å². The third-order valence-electron chi connectivity index (χ3n) is 5.21. The van der Waals surface area contributed by atoms with Crippen LogP contribution in [0.4, 0.5) is 17.1 Å². The Bertz CT molecular complexity index is 588. The van der Waals surface area contributed by atoms with Crippen LogP contribution in [-0.2, 0) is 10.2 Å². The summed E-state index contributed by atoms with van der Waals surface area (Å²) in [6.45, 7) is 2.05. The number of nitrogens with one attached hydrogen (secondary N) is 3. The van der Waals surface area contributed by atoms with Gasteiger partial charge < -0.3 is 21.7 Å². The summed E-state index contributed by atoms with van der Waals surface area (Å²) < 4.78 is 0. The van der Waals surface area contributed by atoms with Crippen molar-refractivity contribution in [1.82, 2.24) is 5.32 Å². The van der Waals surface area contributed by atoms with Gasteiger partial charge in [0.25, 0.3) is 0 Å². The Morgan fingerprint density at radius 1 is 1.29 bits per heavy atom. The smallest absolute Gasteiger partial charge is 0.235 e. The van der Waals surface area contributed by atoms with E-state index in [0.29, 0.717) is 6.04 Å². The summed E-state index contributed by atoms with van der Waals surface area (Å²) in [4.78, 5) is 12.4. The number of fused-ring (bicyclic) bond motifs is 2. The fourth-order valence-electron chi connectivity index (χ4n) is 3.87. The van der Waals surface area contributed by atoms with Gasteiger partial charge in [-0.2, -0.15) is 0 Å². The fourth-order valence-corrected chi connectivity index (χ4v) is 3.87. The van der Waals surface area contributed by atoms with E-state index in [1.165, 1.54) is 6.42 Å². The van der Waals surface area contributed by atoms with Gasteiger partial charge in [0.1, 0.15) is 0 Å². The highest BCUT2D eigenvalue weighted by atomic mass is 16.2. The predicted octanol–water partition coefficient (Wildman–Crippen LogP) is 1.81. The predicted molar refractivity (Wildman–Crippen MR) is 84.5 cm³/mol. The first kappa shape index (κ1) is 13.0. The molecule has 1 unspecified atom stereocenters. The molecule has 5 heteroatoms. The Labute approximate surface area is 124 Å². The number of nitrogens with two attached hydrogens (primary N) is 1. The second-order valence-corrected chi connectivity index (χ2v) is 6.57. The molecule has 1 amide bonds. The number of carbonyl (C=O) groups excluding carboxylic acids is 1. The summed E-state index contributed by atoms with van der Waals surface area (Å²) in [6, 6.07) is 4.33. The molecule has 0 aromatic heterocycles. The average molecular weight is 286 g/mol. The molecule has 5 N–H and O–H groups in total. The summed E-state index contributed by atoms with van der Waals surface area (Å²) in [5.41, 5.74) is 9.57. The molecule has 1 aromatic rings. The molecule has 2 aliphatic heterocycles. The fraction of sp³-hybridized carbons (Fsp3) is 0.562. The highest BCUT2D eigenvalue weighted by Crippen LogP contribution is 2.53. The van der Waals surface area contributed by atoms with E-state index in [2.05, 4.69) is 16.0 Å². The first-order valence-corrected chi connectivity index (χ1v) is 7.92. The second kappa shape index (κ2) is 4.63. The summed E-state index contributed by atoms with van der Waals surface area (Å²) in [7, 11) is 0. The molecule has 1 spiro atoms. The zero-order chi connectivity index (χ0) is 14.4. The minimum atomic E-state index is -0.300. The Kier molecular flexibility index (Phi) is 2.85. The number of amides is 1. The Balaban J connectivity index is 1.69. The maximum absolute atomic E-state index is 12.4. The average Bonchev–Trinajstić information content (AvgIpc) is 2.72. The molecule has 112 valence electrons. The van der Waals surface area contributed by atoms with Gasteiger partial charge in [-0.3, -0.25) is 4.79 Å². The van der Waals surface area contributed by atoms with E-state index in [-0.39, 0.29) is 11.3 Å². The van der Waals surface area contributed by atoms with Gasteiger partial charge in [-0.25, -0.2) is 0 Å². The maximum Gasteiger partial charge on any atom is 0.235 e. The van der Waals surface area contributed by atoms with E-state index in [9.17, 15) is 4.79 Å². The molecule has 2 heterocycles. The first-order valence-electron chi connectivity index (χ1n) is 7.92. The SMILES string of the molecule is Nc1cc(NC2CCCNC2)c2c(c1)C1(CCC1)C(=O)N2. The van der Waals surface area contributed by atoms with Gasteiger partial charge in [0.2, 0.25) is 5.91 Å². The number of rotatable bonds is 2. The van der Waals surface area contributed by atoms with Gasteiger partial charge >= 0.3 is 0 Å². The van der Waals surface area contributed by atoms with Crippen molar-refractivity contribution in [2.24, 2.45) is 0 Å². The van der Waals surface area contributed by atoms with Crippen LogP contribution >= 0.6 is 0 Å². The maximum atomic E-state index is 12.4. The van der Waals surface area contributed by atoms with Gasteiger partial charge in [0, 0.05) is 18.3 Å². The van der Waals surface area contributed by atoms with Crippen LogP contribution in [0.25, 0.3) is 0 Å². The molecule has 2 fully saturated rings. The standard InChI is InChI=1S/C16H22N4O/c17-10-7-12-14(20-15(21)16(12)4-2-5-16)13(8-10)19-11-3-1-6-18-9-11/h7-8,11,18-19H,1-6,9,17H2,(H,20,21). The van der Waals surface area contributed by atoms with Crippen molar-refractivity contribution in [1.29, 1.82) is 0 Å².